The zero-order valence-electron chi connectivity index (χ0n) is 22.7. The van der Waals surface area contributed by atoms with Crippen molar-refractivity contribution < 1.29 is 36.6 Å². The van der Waals surface area contributed by atoms with Gasteiger partial charge in [0, 0.05) is 24.7 Å². The highest BCUT2D eigenvalue weighted by molar-refractivity contribution is 6.03. The number of aliphatic imine (C=N–C) groups is 2. The summed E-state index contributed by atoms with van der Waals surface area (Å²) in [5.74, 6) is -0.529. The number of benzene rings is 1. The number of carbonyl (C=O) groups excluding carboxylic acids is 2. The Labute approximate surface area is 230 Å². The molecule has 40 heavy (non-hydrogen) atoms. The average Bonchev–Trinajstić information content (AvgIpc) is 3.29. The molecule has 9 nitrogen and oxygen atoms in total. The second-order valence-corrected chi connectivity index (χ2v) is 10.7. The summed E-state index contributed by atoms with van der Waals surface area (Å²) in [6, 6.07) is 3.57. The molecule has 2 aliphatic heterocycles. The Hall–Kier alpha value is -3.06. The zero-order valence-corrected chi connectivity index (χ0v) is 22.7. The number of hydrogen-bond donors (Lipinski definition) is 2. The van der Waals surface area contributed by atoms with Gasteiger partial charge in [0.1, 0.15) is 24.9 Å². The summed E-state index contributed by atoms with van der Waals surface area (Å²) in [7, 11) is 0. The molecule has 4 rings (SSSR count). The first-order valence-corrected chi connectivity index (χ1v) is 13.5. The summed E-state index contributed by atoms with van der Waals surface area (Å²) in [6.07, 6.45) is -2.24. The minimum absolute atomic E-state index is 0.110. The number of nitrogens with zero attached hydrogens (tertiary/aromatic N) is 3. The molecule has 3 unspecified atom stereocenters. The fourth-order valence-corrected chi connectivity index (χ4v) is 5.08. The van der Waals surface area contributed by atoms with Gasteiger partial charge in [-0.2, -0.15) is 13.2 Å². The molecular formula is C27H35F4N5O4. The maximum atomic E-state index is 15.0. The SMILES string of the molecule is CC(NC1N=CCC(N2C(=O)OCC2C(C)C)=N1)c1ccc(C(=O)NC2CCC(OCC(F)(F)F)CC2)c(F)c1. The number of amides is 2. The highest BCUT2D eigenvalue weighted by Crippen LogP contribution is 2.26. The molecular weight excluding hydrogens is 534 g/mol. The molecule has 1 saturated carbocycles. The van der Waals surface area contributed by atoms with Crippen molar-refractivity contribution in [1.29, 1.82) is 0 Å². The topological polar surface area (TPSA) is 105 Å². The monoisotopic (exact) mass is 569 g/mol. The van der Waals surface area contributed by atoms with Gasteiger partial charge < -0.3 is 14.8 Å². The van der Waals surface area contributed by atoms with E-state index in [1.165, 1.54) is 12.1 Å². The highest BCUT2D eigenvalue weighted by Gasteiger charge is 2.39. The third-order valence-corrected chi connectivity index (χ3v) is 7.37. The molecule has 1 aromatic rings. The number of alkyl halides is 3. The fraction of sp³-hybridized carbons (Fsp3) is 0.630. The lowest BCUT2D eigenvalue weighted by molar-refractivity contribution is -0.188. The molecule has 2 amide bonds. The number of rotatable bonds is 8. The summed E-state index contributed by atoms with van der Waals surface area (Å²) in [4.78, 5) is 35.5. The van der Waals surface area contributed by atoms with E-state index in [-0.39, 0.29) is 29.6 Å². The second-order valence-electron chi connectivity index (χ2n) is 10.7. The Balaban J connectivity index is 1.31. The van der Waals surface area contributed by atoms with Gasteiger partial charge in [-0.1, -0.05) is 19.9 Å². The predicted octanol–water partition coefficient (Wildman–Crippen LogP) is 4.73. The van der Waals surface area contributed by atoms with Crippen LogP contribution in [0.4, 0.5) is 22.4 Å². The number of hydrogen-bond acceptors (Lipinski definition) is 7. The molecule has 1 aliphatic carbocycles. The number of ether oxygens (including phenoxy) is 2. The molecule has 2 heterocycles. The lowest BCUT2D eigenvalue weighted by atomic mass is 9.92. The average molecular weight is 570 g/mol. The smallest absolute Gasteiger partial charge is 0.415 e. The molecule has 0 bridgehead atoms. The van der Waals surface area contributed by atoms with Crippen LogP contribution < -0.4 is 10.6 Å². The molecule has 1 aromatic carbocycles. The molecule has 2 N–H and O–H groups in total. The number of halogens is 4. The molecule has 1 saturated heterocycles. The van der Waals surface area contributed by atoms with E-state index in [2.05, 4.69) is 20.6 Å². The van der Waals surface area contributed by atoms with Crippen LogP contribution in [0.15, 0.2) is 28.2 Å². The third kappa shape index (κ3) is 7.57. The van der Waals surface area contributed by atoms with E-state index in [1.807, 2.05) is 20.8 Å². The van der Waals surface area contributed by atoms with Crippen molar-refractivity contribution in [3.05, 3.63) is 35.1 Å². The van der Waals surface area contributed by atoms with Crippen molar-refractivity contribution in [2.75, 3.05) is 13.2 Å². The van der Waals surface area contributed by atoms with E-state index in [4.69, 9.17) is 9.47 Å². The van der Waals surface area contributed by atoms with Gasteiger partial charge in [-0.3, -0.25) is 20.0 Å². The Morgan fingerprint density at radius 1 is 1.20 bits per heavy atom. The second kappa shape index (κ2) is 12.6. The first kappa shape index (κ1) is 29.9. The third-order valence-electron chi connectivity index (χ3n) is 7.37. The van der Waals surface area contributed by atoms with Gasteiger partial charge in [0.15, 0.2) is 6.29 Å². The first-order valence-electron chi connectivity index (χ1n) is 13.5. The lowest BCUT2D eigenvalue weighted by Gasteiger charge is -2.29. The summed E-state index contributed by atoms with van der Waals surface area (Å²) >= 11 is 0. The molecule has 220 valence electrons. The van der Waals surface area contributed by atoms with Gasteiger partial charge in [-0.25, -0.2) is 14.2 Å². The number of cyclic esters (lactones) is 1. The van der Waals surface area contributed by atoms with Gasteiger partial charge >= 0.3 is 12.3 Å². The molecule has 0 aromatic heterocycles. The molecule has 3 aliphatic rings. The van der Waals surface area contributed by atoms with Gasteiger partial charge in [0.25, 0.3) is 5.91 Å². The summed E-state index contributed by atoms with van der Waals surface area (Å²) in [6.45, 7) is 4.85. The minimum atomic E-state index is -4.37. The molecule has 0 spiro atoms. The maximum Gasteiger partial charge on any atom is 0.415 e. The van der Waals surface area contributed by atoms with Crippen molar-refractivity contribution in [2.45, 2.75) is 89.6 Å². The van der Waals surface area contributed by atoms with Crippen LogP contribution in [-0.4, -0.2) is 72.8 Å². The molecule has 3 atom stereocenters. The van der Waals surface area contributed by atoms with Crippen molar-refractivity contribution in [1.82, 2.24) is 15.5 Å². The number of carbonyl (C=O) groups is 2. The van der Waals surface area contributed by atoms with E-state index in [0.717, 1.165) is 0 Å². The zero-order chi connectivity index (χ0) is 29.0. The Morgan fingerprint density at radius 3 is 2.58 bits per heavy atom. The van der Waals surface area contributed by atoms with Gasteiger partial charge in [-0.05, 0) is 56.2 Å². The van der Waals surface area contributed by atoms with Gasteiger partial charge in [0.2, 0.25) is 0 Å². The van der Waals surface area contributed by atoms with E-state index in [1.54, 1.807) is 17.2 Å². The van der Waals surface area contributed by atoms with Gasteiger partial charge in [-0.15, -0.1) is 0 Å². The summed E-state index contributed by atoms with van der Waals surface area (Å²) < 4.78 is 62.1. The fourth-order valence-electron chi connectivity index (χ4n) is 5.08. The van der Waals surface area contributed by atoms with Crippen LogP contribution in [0.1, 0.15) is 74.8 Å². The Kier molecular flexibility index (Phi) is 9.44. The standard InChI is InChI=1S/C27H35F4N5O4/c1-15(2)22-13-39-26(38)36(22)23-10-11-32-25(35-23)33-16(3)17-4-9-20(21(28)12-17)24(37)34-18-5-7-19(8-6-18)40-14-27(29,30)31/h4,9,11-12,15-16,18-19,22,25,33H,5-8,10,13-14H2,1-3H3,(H,34,37). The maximum absolute atomic E-state index is 15.0. The van der Waals surface area contributed by atoms with Crippen LogP contribution in [0, 0.1) is 11.7 Å². The summed E-state index contributed by atoms with van der Waals surface area (Å²) in [5, 5.41) is 5.98. The van der Waals surface area contributed by atoms with Crippen molar-refractivity contribution in [3.8, 4) is 0 Å². The van der Waals surface area contributed by atoms with Crippen molar-refractivity contribution >= 4 is 24.1 Å². The Morgan fingerprint density at radius 2 is 1.93 bits per heavy atom. The molecule has 13 heteroatoms. The quantitative estimate of drug-likeness (QED) is 0.441. The van der Waals surface area contributed by atoms with E-state index < -0.39 is 43.0 Å². The van der Waals surface area contributed by atoms with Crippen LogP contribution in [0.25, 0.3) is 0 Å². The van der Waals surface area contributed by atoms with Crippen molar-refractivity contribution in [3.63, 3.8) is 0 Å². The summed E-state index contributed by atoms with van der Waals surface area (Å²) in [5.41, 5.74) is 0.462. The normalized spacial score (nSPS) is 26.1. The molecule has 2 fully saturated rings. The molecule has 0 radical (unpaired) electrons. The Bertz CT molecular complexity index is 1130. The van der Waals surface area contributed by atoms with Gasteiger partial charge in [0.05, 0.1) is 17.7 Å². The van der Waals surface area contributed by atoms with Crippen LogP contribution in [0.2, 0.25) is 0 Å². The van der Waals surface area contributed by atoms with E-state index >= 15 is 0 Å². The van der Waals surface area contributed by atoms with Crippen molar-refractivity contribution in [2.24, 2.45) is 15.9 Å². The van der Waals surface area contributed by atoms with Crippen LogP contribution in [0.5, 0.6) is 0 Å². The first-order chi connectivity index (χ1) is 18.9. The minimum Gasteiger partial charge on any atom is -0.447 e. The highest BCUT2D eigenvalue weighted by atomic mass is 19.4. The largest absolute Gasteiger partial charge is 0.447 e. The lowest BCUT2D eigenvalue weighted by Crippen LogP contribution is -2.44. The number of nitrogens with one attached hydrogen (secondary N) is 2. The van der Waals surface area contributed by atoms with Crippen LogP contribution in [-0.2, 0) is 9.47 Å². The number of amidine groups is 1. The van der Waals surface area contributed by atoms with E-state index in [9.17, 15) is 27.2 Å². The van der Waals surface area contributed by atoms with Crippen LogP contribution in [0.3, 0.4) is 0 Å². The predicted molar refractivity (Wildman–Crippen MR) is 140 cm³/mol. The van der Waals surface area contributed by atoms with E-state index in [0.29, 0.717) is 50.1 Å². The van der Waals surface area contributed by atoms with Crippen LogP contribution >= 0.6 is 0 Å².